The summed E-state index contributed by atoms with van der Waals surface area (Å²) in [6, 6.07) is 0. The van der Waals surface area contributed by atoms with Gasteiger partial charge in [-0.3, -0.25) is 0 Å². The standard InChI is InChI=1S/C5H11NO2/c1-6-2-5(7)3-8-4-5/h6-7H,2-4H2,1H3. The Labute approximate surface area is 48.7 Å². The lowest BCUT2D eigenvalue weighted by atomic mass is 10.0. The van der Waals surface area contributed by atoms with Gasteiger partial charge in [-0.25, -0.2) is 0 Å². The zero-order valence-electron chi connectivity index (χ0n) is 4.98. The summed E-state index contributed by atoms with van der Waals surface area (Å²) in [5, 5.41) is 12.1. The minimum Gasteiger partial charge on any atom is -0.384 e. The van der Waals surface area contributed by atoms with Gasteiger partial charge in [0.15, 0.2) is 0 Å². The monoisotopic (exact) mass is 117 g/mol. The van der Waals surface area contributed by atoms with Gasteiger partial charge in [-0.15, -0.1) is 0 Å². The van der Waals surface area contributed by atoms with E-state index in [4.69, 9.17) is 4.74 Å². The molecule has 0 amide bonds. The highest BCUT2D eigenvalue weighted by Gasteiger charge is 2.34. The van der Waals surface area contributed by atoms with Crippen LogP contribution >= 0.6 is 0 Å². The lowest BCUT2D eigenvalue weighted by Gasteiger charge is -2.35. The van der Waals surface area contributed by atoms with Crippen LogP contribution in [0.4, 0.5) is 0 Å². The van der Waals surface area contributed by atoms with Crippen molar-refractivity contribution >= 4 is 0 Å². The van der Waals surface area contributed by atoms with E-state index in [0.717, 1.165) is 0 Å². The molecule has 1 rings (SSSR count). The fourth-order valence-corrected chi connectivity index (χ4v) is 0.769. The van der Waals surface area contributed by atoms with Crippen LogP contribution in [0.2, 0.25) is 0 Å². The fraction of sp³-hybridized carbons (Fsp3) is 1.00. The Morgan fingerprint density at radius 2 is 2.38 bits per heavy atom. The highest BCUT2D eigenvalue weighted by atomic mass is 16.5. The van der Waals surface area contributed by atoms with E-state index in [-0.39, 0.29) is 0 Å². The number of likely N-dealkylation sites (N-methyl/N-ethyl adjacent to an activating group) is 1. The van der Waals surface area contributed by atoms with E-state index >= 15 is 0 Å². The predicted molar refractivity (Wildman–Crippen MR) is 29.7 cm³/mol. The van der Waals surface area contributed by atoms with Crippen LogP contribution in [0.25, 0.3) is 0 Å². The lowest BCUT2D eigenvalue weighted by Crippen LogP contribution is -2.55. The molecule has 48 valence electrons. The average Bonchev–Trinajstić information content (AvgIpc) is 1.64. The summed E-state index contributed by atoms with van der Waals surface area (Å²) in [6.45, 7) is 1.59. The van der Waals surface area contributed by atoms with Crippen LogP contribution in [0.3, 0.4) is 0 Å². The Morgan fingerprint density at radius 1 is 1.75 bits per heavy atom. The van der Waals surface area contributed by atoms with Gasteiger partial charge >= 0.3 is 0 Å². The molecular weight excluding hydrogens is 106 g/mol. The molecular formula is C5H11NO2. The van der Waals surface area contributed by atoms with Crippen LogP contribution in [-0.2, 0) is 4.74 Å². The molecule has 3 heteroatoms. The van der Waals surface area contributed by atoms with E-state index < -0.39 is 5.60 Å². The molecule has 0 saturated carbocycles. The zero-order valence-corrected chi connectivity index (χ0v) is 4.98. The van der Waals surface area contributed by atoms with Gasteiger partial charge in [0, 0.05) is 6.54 Å². The van der Waals surface area contributed by atoms with E-state index in [2.05, 4.69) is 5.32 Å². The van der Waals surface area contributed by atoms with Gasteiger partial charge in [-0.1, -0.05) is 0 Å². The predicted octanol–water partition coefficient (Wildman–Crippen LogP) is -1.03. The summed E-state index contributed by atoms with van der Waals surface area (Å²) in [4.78, 5) is 0. The second-order valence-electron chi connectivity index (χ2n) is 2.25. The highest BCUT2D eigenvalue weighted by Crippen LogP contribution is 2.13. The molecule has 1 heterocycles. The molecule has 1 aliphatic heterocycles. The van der Waals surface area contributed by atoms with Gasteiger partial charge in [0.25, 0.3) is 0 Å². The first-order chi connectivity index (χ1) is 3.77. The molecule has 0 aliphatic carbocycles. The Morgan fingerprint density at radius 3 is 2.50 bits per heavy atom. The molecule has 1 saturated heterocycles. The van der Waals surface area contributed by atoms with E-state index in [1.165, 1.54) is 0 Å². The molecule has 8 heavy (non-hydrogen) atoms. The van der Waals surface area contributed by atoms with Gasteiger partial charge < -0.3 is 15.2 Å². The first kappa shape index (κ1) is 6.01. The number of hydrogen-bond acceptors (Lipinski definition) is 3. The first-order valence-electron chi connectivity index (χ1n) is 2.72. The summed E-state index contributed by atoms with van der Waals surface area (Å²) in [5.41, 5.74) is -0.561. The summed E-state index contributed by atoms with van der Waals surface area (Å²) < 4.78 is 4.80. The van der Waals surface area contributed by atoms with E-state index in [1.54, 1.807) is 0 Å². The highest BCUT2D eigenvalue weighted by molar-refractivity contribution is 4.86. The fourth-order valence-electron chi connectivity index (χ4n) is 0.769. The second-order valence-corrected chi connectivity index (χ2v) is 2.25. The number of aliphatic hydroxyl groups is 1. The third-order valence-electron chi connectivity index (χ3n) is 1.25. The van der Waals surface area contributed by atoms with Crippen LogP contribution in [0, 0.1) is 0 Å². The van der Waals surface area contributed by atoms with Crippen molar-refractivity contribution in [3.63, 3.8) is 0 Å². The van der Waals surface area contributed by atoms with E-state index in [9.17, 15) is 5.11 Å². The zero-order chi connectivity index (χ0) is 6.04. The van der Waals surface area contributed by atoms with Gasteiger partial charge in [0.2, 0.25) is 0 Å². The van der Waals surface area contributed by atoms with Crippen molar-refractivity contribution < 1.29 is 9.84 Å². The average molecular weight is 117 g/mol. The van der Waals surface area contributed by atoms with Crippen LogP contribution in [-0.4, -0.2) is 37.5 Å². The van der Waals surface area contributed by atoms with Crippen molar-refractivity contribution in [3.8, 4) is 0 Å². The van der Waals surface area contributed by atoms with Gasteiger partial charge in [-0.05, 0) is 7.05 Å². The van der Waals surface area contributed by atoms with Crippen molar-refractivity contribution in [2.24, 2.45) is 0 Å². The summed E-state index contributed by atoms with van der Waals surface area (Å²) >= 11 is 0. The quantitative estimate of drug-likeness (QED) is 0.486. The van der Waals surface area contributed by atoms with Gasteiger partial charge in [-0.2, -0.15) is 0 Å². The van der Waals surface area contributed by atoms with Gasteiger partial charge in [0.1, 0.15) is 5.60 Å². The van der Waals surface area contributed by atoms with Crippen molar-refractivity contribution in [2.75, 3.05) is 26.8 Å². The molecule has 1 fully saturated rings. The number of ether oxygens (including phenoxy) is 1. The minimum absolute atomic E-state index is 0.480. The maximum Gasteiger partial charge on any atom is 0.123 e. The maximum absolute atomic E-state index is 9.22. The third-order valence-corrected chi connectivity index (χ3v) is 1.25. The van der Waals surface area contributed by atoms with Gasteiger partial charge in [0.05, 0.1) is 13.2 Å². The maximum atomic E-state index is 9.22. The molecule has 0 aromatic rings. The molecule has 2 N–H and O–H groups in total. The molecule has 0 atom stereocenters. The lowest BCUT2D eigenvalue weighted by molar-refractivity contribution is -0.174. The molecule has 0 unspecified atom stereocenters. The molecule has 0 bridgehead atoms. The van der Waals surface area contributed by atoms with Crippen LogP contribution in [0.15, 0.2) is 0 Å². The Balaban J connectivity index is 2.20. The van der Waals surface area contributed by atoms with Crippen molar-refractivity contribution in [2.45, 2.75) is 5.60 Å². The molecule has 0 radical (unpaired) electrons. The molecule has 3 nitrogen and oxygen atoms in total. The summed E-state index contributed by atoms with van der Waals surface area (Å²) in [7, 11) is 1.82. The van der Waals surface area contributed by atoms with Crippen molar-refractivity contribution in [1.82, 2.24) is 5.32 Å². The number of hydrogen-bond donors (Lipinski definition) is 2. The molecule has 0 aromatic heterocycles. The largest absolute Gasteiger partial charge is 0.384 e. The normalized spacial score (nSPS) is 24.8. The van der Waals surface area contributed by atoms with Crippen molar-refractivity contribution in [3.05, 3.63) is 0 Å². The SMILES string of the molecule is CNCC1(O)COC1. The first-order valence-corrected chi connectivity index (χ1v) is 2.72. The second kappa shape index (κ2) is 2.01. The van der Waals surface area contributed by atoms with Crippen LogP contribution in [0.1, 0.15) is 0 Å². The van der Waals surface area contributed by atoms with Crippen LogP contribution < -0.4 is 5.32 Å². The topological polar surface area (TPSA) is 41.5 Å². The Bertz CT molecular complexity index is 80.5. The Hall–Kier alpha value is -0.120. The summed E-state index contributed by atoms with van der Waals surface area (Å²) in [6.07, 6.45) is 0. The molecule has 0 spiro atoms. The minimum atomic E-state index is -0.561. The molecule has 0 aromatic carbocycles. The van der Waals surface area contributed by atoms with Crippen LogP contribution in [0.5, 0.6) is 0 Å². The smallest absolute Gasteiger partial charge is 0.123 e. The molecule has 1 aliphatic rings. The van der Waals surface area contributed by atoms with Crippen molar-refractivity contribution in [1.29, 1.82) is 0 Å². The third kappa shape index (κ3) is 0.992. The Kier molecular flexibility index (Phi) is 1.51. The van der Waals surface area contributed by atoms with E-state index in [0.29, 0.717) is 19.8 Å². The van der Waals surface area contributed by atoms with E-state index in [1.807, 2.05) is 7.05 Å². The number of nitrogens with one attached hydrogen (secondary N) is 1. The number of rotatable bonds is 2. The summed E-state index contributed by atoms with van der Waals surface area (Å²) in [5.74, 6) is 0.